The van der Waals surface area contributed by atoms with E-state index >= 15 is 0 Å². The molecule has 0 saturated carbocycles. The van der Waals surface area contributed by atoms with Crippen LogP contribution >= 0.6 is 11.3 Å². The van der Waals surface area contributed by atoms with Crippen LogP contribution in [-0.4, -0.2) is 67.8 Å². The molecule has 9 heteroatoms. The molecule has 1 atom stereocenters. The van der Waals surface area contributed by atoms with Gasteiger partial charge in [-0.3, -0.25) is 4.79 Å². The second-order valence-corrected chi connectivity index (χ2v) is 11.7. The predicted molar refractivity (Wildman–Crippen MR) is 131 cm³/mol. The molecule has 2 aliphatic heterocycles. The summed E-state index contributed by atoms with van der Waals surface area (Å²) in [5.41, 5.74) is 2.03. The number of hydrogen-bond acceptors (Lipinski definition) is 6. The number of piperazine rings is 1. The number of hydrogen-bond donors (Lipinski definition) is 0. The van der Waals surface area contributed by atoms with Crippen LogP contribution in [-0.2, 0) is 14.8 Å². The van der Waals surface area contributed by atoms with E-state index in [1.54, 1.807) is 23.5 Å². The van der Waals surface area contributed by atoms with Crippen molar-refractivity contribution in [2.24, 2.45) is 5.92 Å². The maximum Gasteiger partial charge on any atom is 0.243 e. The van der Waals surface area contributed by atoms with Gasteiger partial charge in [0.1, 0.15) is 0 Å². The second-order valence-electron chi connectivity index (χ2n) is 8.79. The number of nitrogens with zero attached hydrogens (tertiary/aromatic N) is 4. The van der Waals surface area contributed by atoms with E-state index in [0.29, 0.717) is 31.0 Å². The SMILES string of the molecule is Cc1ccc(S(=O)(=O)N2CCCC(C(=O)N3CCN(c4nc5ccccc5s4)CC3)C2)cc1. The van der Waals surface area contributed by atoms with Gasteiger partial charge in [0.2, 0.25) is 15.9 Å². The molecule has 2 aliphatic rings. The normalized spacial score (nSPS) is 20.3. The fraction of sp³-hybridized carbons (Fsp3) is 0.417. The first-order valence-corrected chi connectivity index (χ1v) is 13.6. The number of anilines is 1. The summed E-state index contributed by atoms with van der Waals surface area (Å²) >= 11 is 1.68. The summed E-state index contributed by atoms with van der Waals surface area (Å²) in [6.45, 7) is 5.40. The highest BCUT2D eigenvalue weighted by atomic mass is 32.2. The minimum atomic E-state index is -3.59. The fourth-order valence-electron chi connectivity index (χ4n) is 4.59. The average Bonchev–Trinajstić information content (AvgIpc) is 3.28. The fourth-order valence-corrected chi connectivity index (χ4v) is 7.13. The average molecular weight is 485 g/mol. The van der Waals surface area contributed by atoms with E-state index < -0.39 is 10.0 Å². The molecule has 0 aliphatic carbocycles. The zero-order chi connectivity index (χ0) is 23.0. The van der Waals surface area contributed by atoms with Gasteiger partial charge in [-0.05, 0) is 44.0 Å². The van der Waals surface area contributed by atoms with Crippen LogP contribution in [0.2, 0.25) is 0 Å². The molecule has 7 nitrogen and oxygen atoms in total. The van der Waals surface area contributed by atoms with Crippen LogP contribution in [0.4, 0.5) is 5.13 Å². The molecule has 1 unspecified atom stereocenters. The van der Waals surface area contributed by atoms with Crippen LogP contribution < -0.4 is 4.90 Å². The number of carbonyl (C=O) groups excluding carboxylic acids is 1. The van der Waals surface area contributed by atoms with E-state index in [9.17, 15) is 13.2 Å². The van der Waals surface area contributed by atoms with E-state index in [4.69, 9.17) is 4.98 Å². The zero-order valence-electron chi connectivity index (χ0n) is 18.7. The van der Waals surface area contributed by atoms with Crippen LogP contribution in [0.3, 0.4) is 0 Å². The first-order chi connectivity index (χ1) is 15.9. The standard InChI is InChI=1S/C24H28N4O3S2/c1-18-8-10-20(11-9-18)33(30,31)28-12-4-5-19(17-28)23(29)26-13-15-27(16-14-26)24-25-21-6-2-3-7-22(21)32-24/h2-3,6-11,19H,4-5,12-17H2,1H3. The lowest BCUT2D eigenvalue weighted by molar-refractivity contribution is -0.137. The van der Waals surface area contributed by atoms with Crippen molar-refractivity contribution in [1.82, 2.24) is 14.2 Å². The lowest BCUT2D eigenvalue weighted by Crippen LogP contribution is -2.53. The second kappa shape index (κ2) is 9.04. The zero-order valence-corrected chi connectivity index (χ0v) is 20.3. The third kappa shape index (κ3) is 4.49. The van der Waals surface area contributed by atoms with Gasteiger partial charge < -0.3 is 9.80 Å². The van der Waals surface area contributed by atoms with E-state index in [1.165, 1.54) is 9.01 Å². The quantitative estimate of drug-likeness (QED) is 0.568. The van der Waals surface area contributed by atoms with E-state index in [0.717, 1.165) is 35.7 Å². The number of fused-ring (bicyclic) bond motifs is 1. The van der Waals surface area contributed by atoms with Crippen LogP contribution in [0, 0.1) is 12.8 Å². The van der Waals surface area contributed by atoms with Crippen molar-refractivity contribution >= 4 is 42.6 Å². The van der Waals surface area contributed by atoms with E-state index in [2.05, 4.69) is 11.0 Å². The molecule has 0 spiro atoms. The highest BCUT2D eigenvalue weighted by Gasteiger charge is 2.36. The summed E-state index contributed by atoms with van der Waals surface area (Å²) in [4.78, 5) is 22.4. The number of sulfonamides is 1. The molecule has 3 aromatic rings. The van der Waals surface area contributed by atoms with Crippen molar-refractivity contribution in [2.45, 2.75) is 24.7 Å². The molecule has 33 heavy (non-hydrogen) atoms. The molecule has 0 N–H and O–H groups in total. The summed E-state index contributed by atoms with van der Waals surface area (Å²) in [6, 6.07) is 15.0. The van der Waals surface area contributed by atoms with Gasteiger partial charge in [0.25, 0.3) is 0 Å². The van der Waals surface area contributed by atoms with Gasteiger partial charge in [-0.15, -0.1) is 0 Å². The van der Waals surface area contributed by atoms with Gasteiger partial charge in [0.15, 0.2) is 5.13 Å². The molecule has 0 bridgehead atoms. The molecule has 2 saturated heterocycles. The number of amides is 1. The molecule has 1 aromatic heterocycles. The lowest BCUT2D eigenvalue weighted by atomic mass is 9.98. The predicted octanol–water partition coefficient (Wildman–Crippen LogP) is 3.35. The first-order valence-electron chi connectivity index (χ1n) is 11.4. The van der Waals surface area contributed by atoms with Gasteiger partial charge in [-0.25, -0.2) is 13.4 Å². The number of aromatic nitrogens is 1. The lowest BCUT2D eigenvalue weighted by Gasteiger charge is -2.38. The number of para-hydroxylation sites is 1. The van der Waals surface area contributed by atoms with Gasteiger partial charge in [-0.2, -0.15) is 4.31 Å². The van der Waals surface area contributed by atoms with Crippen molar-refractivity contribution in [3.05, 3.63) is 54.1 Å². The minimum Gasteiger partial charge on any atom is -0.345 e. The molecule has 5 rings (SSSR count). The Morgan fingerprint density at radius 3 is 2.45 bits per heavy atom. The van der Waals surface area contributed by atoms with Crippen LogP contribution in [0.5, 0.6) is 0 Å². The van der Waals surface area contributed by atoms with Crippen molar-refractivity contribution < 1.29 is 13.2 Å². The van der Waals surface area contributed by atoms with Crippen molar-refractivity contribution in [1.29, 1.82) is 0 Å². The monoisotopic (exact) mass is 484 g/mol. The highest BCUT2D eigenvalue weighted by molar-refractivity contribution is 7.89. The van der Waals surface area contributed by atoms with Crippen LogP contribution in [0.1, 0.15) is 18.4 Å². The molecule has 0 radical (unpaired) electrons. The molecule has 174 valence electrons. The molecule has 3 heterocycles. The molecule has 1 amide bonds. The summed E-state index contributed by atoms with van der Waals surface area (Å²) in [7, 11) is -3.59. The number of rotatable bonds is 4. The van der Waals surface area contributed by atoms with Crippen LogP contribution in [0.25, 0.3) is 10.2 Å². The number of carbonyl (C=O) groups is 1. The van der Waals surface area contributed by atoms with Crippen molar-refractivity contribution in [2.75, 3.05) is 44.2 Å². The van der Waals surface area contributed by atoms with E-state index in [-0.39, 0.29) is 18.4 Å². The third-order valence-corrected chi connectivity index (χ3v) is 9.51. The van der Waals surface area contributed by atoms with Gasteiger partial charge >= 0.3 is 0 Å². The maximum absolute atomic E-state index is 13.3. The van der Waals surface area contributed by atoms with Gasteiger partial charge in [0.05, 0.1) is 21.0 Å². The molecule has 2 fully saturated rings. The molecular formula is C24H28N4O3S2. The number of thiazole rings is 1. The van der Waals surface area contributed by atoms with E-state index in [1.807, 2.05) is 42.2 Å². The van der Waals surface area contributed by atoms with Gasteiger partial charge in [-0.1, -0.05) is 41.2 Å². The Hall–Kier alpha value is -2.49. The number of aryl methyl sites for hydroxylation is 1. The Kier molecular flexibility index (Phi) is 6.11. The highest BCUT2D eigenvalue weighted by Crippen LogP contribution is 2.30. The Morgan fingerprint density at radius 1 is 1.00 bits per heavy atom. The number of benzene rings is 2. The van der Waals surface area contributed by atoms with Gasteiger partial charge in [0, 0.05) is 39.3 Å². The third-order valence-electron chi connectivity index (χ3n) is 6.54. The maximum atomic E-state index is 13.3. The smallest absolute Gasteiger partial charge is 0.243 e. The largest absolute Gasteiger partial charge is 0.345 e. The Morgan fingerprint density at radius 2 is 1.73 bits per heavy atom. The topological polar surface area (TPSA) is 73.8 Å². The Labute approximate surface area is 198 Å². The summed E-state index contributed by atoms with van der Waals surface area (Å²) in [5, 5.41) is 0.997. The van der Waals surface area contributed by atoms with Crippen molar-refractivity contribution in [3.8, 4) is 0 Å². The Balaban J connectivity index is 1.22. The Bertz CT molecular complexity index is 1220. The van der Waals surface area contributed by atoms with Crippen molar-refractivity contribution in [3.63, 3.8) is 0 Å². The first kappa shape index (κ1) is 22.3. The summed E-state index contributed by atoms with van der Waals surface area (Å²) in [6.07, 6.45) is 1.43. The molecule has 2 aromatic carbocycles. The number of piperidine rings is 1. The summed E-state index contributed by atoms with van der Waals surface area (Å²) in [5.74, 6) is -0.212. The minimum absolute atomic E-state index is 0.0720. The van der Waals surface area contributed by atoms with Crippen LogP contribution in [0.15, 0.2) is 53.4 Å². The molecular weight excluding hydrogens is 456 g/mol. The summed E-state index contributed by atoms with van der Waals surface area (Å²) < 4.78 is 28.9.